The molecule has 0 aliphatic rings. The van der Waals surface area contributed by atoms with Gasteiger partial charge in [-0.3, -0.25) is 0 Å². The average molecular weight is 594 g/mol. The fourth-order valence-corrected chi connectivity index (χ4v) is 5.55. The maximum absolute atomic E-state index is 2.32. The van der Waals surface area contributed by atoms with E-state index in [1.807, 2.05) is 0 Å². The third kappa shape index (κ3) is 8.08. The molecule has 0 unspecified atom stereocenters. The van der Waals surface area contributed by atoms with Gasteiger partial charge in [0, 0.05) is 17.1 Å². The highest BCUT2D eigenvalue weighted by Crippen LogP contribution is 2.35. The maximum Gasteiger partial charge on any atom is 0.0462 e. The van der Waals surface area contributed by atoms with E-state index in [0.29, 0.717) is 0 Å². The third-order valence-corrected chi connectivity index (χ3v) is 7.98. The highest BCUT2D eigenvalue weighted by molar-refractivity contribution is 5.80. The van der Waals surface area contributed by atoms with E-state index in [1.165, 1.54) is 50.1 Å². The minimum absolute atomic E-state index is 1.11. The first-order valence-corrected chi connectivity index (χ1v) is 15.8. The van der Waals surface area contributed by atoms with Crippen LogP contribution in [0.3, 0.4) is 0 Å². The highest BCUT2D eigenvalue weighted by atomic mass is 15.1. The van der Waals surface area contributed by atoms with Crippen molar-refractivity contribution in [1.29, 1.82) is 0 Å². The van der Waals surface area contributed by atoms with Crippen molar-refractivity contribution in [2.24, 2.45) is 0 Å². The first-order valence-electron chi connectivity index (χ1n) is 15.8. The fraction of sp³-hybridized carbons (Fsp3) is 0.0667. The van der Waals surface area contributed by atoms with Crippen molar-refractivity contribution in [3.63, 3.8) is 0 Å². The Hall–Kier alpha value is -5.66. The van der Waals surface area contributed by atoms with Crippen LogP contribution in [0.1, 0.15) is 50.1 Å². The minimum Gasteiger partial charge on any atom is -0.311 e. The van der Waals surface area contributed by atoms with E-state index in [4.69, 9.17) is 0 Å². The monoisotopic (exact) mass is 593 g/mol. The van der Waals surface area contributed by atoms with E-state index < -0.39 is 0 Å². The molecule has 6 aromatic rings. The summed E-state index contributed by atoms with van der Waals surface area (Å²) < 4.78 is 0. The summed E-state index contributed by atoms with van der Waals surface area (Å²) in [4.78, 5) is 2.32. The van der Waals surface area contributed by atoms with E-state index in [1.54, 1.807) is 0 Å². The first kappa shape index (κ1) is 30.4. The number of benzene rings is 6. The van der Waals surface area contributed by atoms with Gasteiger partial charge in [-0.15, -0.1) is 0 Å². The Morgan fingerprint density at radius 3 is 0.826 bits per heavy atom. The molecule has 6 rings (SSSR count). The lowest BCUT2D eigenvalue weighted by atomic mass is 10.1. The van der Waals surface area contributed by atoms with Gasteiger partial charge in [-0.25, -0.2) is 0 Å². The normalized spacial score (nSPS) is 11.5. The van der Waals surface area contributed by atoms with Crippen molar-refractivity contribution < 1.29 is 0 Å². The van der Waals surface area contributed by atoms with Crippen LogP contribution in [0.25, 0.3) is 36.5 Å². The SMILES string of the molecule is Cc1cccc(/C=C/c2ccc(N(c3ccc(/C=C/c4cccc(C)c4)cc3)c3ccc(/C=C/c4cccc(C)c4)cc3)cc2)c1. The van der Waals surface area contributed by atoms with Crippen molar-refractivity contribution in [1.82, 2.24) is 0 Å². The molecule has 0 heterocycles. The van der Waals surface area contributed by atoms with Gasteiger partial charge in [-0.1, -0.05) is 162 Å². The number of hydrogen-bond acceptors (Lipinski definition) is 1. The second kappa shape index (κ2) is 14.4. The summed E-state index contributed by atoms with van der Waals surface area (Å²) in [5.41, 5.74) is 14.2. The van der Waals surface area contributed by atoms with Crippen molar-refractivity contribution in [2.45, 2.75) is 20.8 Å². The number of aryl methyl sites for hydroxylation is 3. The van der Waals surface area contributed by atoms with Gasteiger partial charge in [0.05, 0.1) is 0 Å². The molecule has 0 radical (unpaired) electrons. The zero-order chi connectivity index (χ0) is 31.7. The average Bonchev–Trinajstić information content (AvgIpc) is 3.07. The smallest absolute Gasteiger partial charge is 0.0462 e. The Morgan fingerprint density at radius 1 is 0.304 bits per heavy atom. The number of anilines is 3. The molecule has 0 bridgehead atoms. The molecule has 224 valence electrons. The van der Waals surface area contributed by atoms with Crippen LogP contribution in [0.4, 0.5) is 17.1 Å². The zero-order valence-corrected chi connectivity index (χ0v) is 26.8. The molecule has 1 heteroatoms. The Balaban J connectivity index is 1.28. The lowest BCUT2D eigenvalue weighted by molar-refractivity contribution is 1.28. The van der Waals surface area contributed by atoms with Gasteiger partial charge in [0.1, 0.15) is 0 Å². The van der Waals surface area contributed by atoms with Gasteiger partial charge in [0.15, 0.2) is 0 Å². The van der Waals surface area contributed by atoms with Gasteiger partial charge in [-0.2, -0.15) is 0 Å². The lowest BCUT2D eigenvalue weighted by Crippen LogP contribution is -2.09. The summed E-state index contributed by atoms with van der Waals surface area (Å²) >= 11 is 0. The second-order valence-corrected chi connectivity index (χ2v) is 11.9. The third-order valence-electron chi connectivity index (χ3n) is 7.98. The highest BCUT2D eigenvalue weighted by Gasteiger charge is 2.12. The molecule has 0 N–H and O–H groups in total. The molecule has 0 fully saturated rings. The van der Waals surface area contributed by atoms with Crippen LogP contribution in [0.5, 0.6) is 0 Å². The second-order valence-electron chi connectivity index (χ2n) is 11.9. The lowest BCUT2D eigenvalue weighted by Gasteiger charge is -2.26. The van der Waals surface area contributed by atoms with Crippen LogP contribution in [-0.4, -0.2) is 0 Å². The Bertz CT molecular complexity index is 1750. The van der Waals surface area contributed by atoms with E-state index >= 15 is 0 Å². The topological polar surface area (TPSA) is 3.24 Å². The van der Waals surface area contributed by atoms with Crippen LogP contribution in [-0.2, 0) is 0 Å². The Labute approximate surface area is 274 Å². The molecule has 0 aliphatic heterocycles. The predicted octanol–water partition coefficient (Wildman–Crippen LogP) is 12.6. The number of rotatable bonds is 9. The quantitative estimate of drug-likeness (QED) is 0.151. The van der Waals surface area contributed by atoms with E-state index in [-0.39, 0.29) is 0 Å². The molecule has 0 spiro atoms. The van der Waals surface area contributed by atoms with Gasteiger partial charge in [-0.05, 0) is 90.6 Å². The van der Waals surface area contributed by atoms with Crippen LogP contribution in [0.2, 0.25) is 0 Å². The zero-order valence-electron chi connectivity index (χ0n) is 26.8. The fourth-order valence-electron chi connectivity index (χ4n) is 5.55. The molecular weight excluding hydrogens is 555 g/mol. The van der Waals surface area contributed by atoms with Crippen LogP contribution in [0, 0.1) is 20.8 Å². The number of nitrogens with zero attached hydrogens (tertiary/aromatic N) is 1. The van der Waals surface area contributed by atoms with Gasteiger partial charge in [0.2, 0.25) is 0 Å². The van der Waals surface area contributed by atoms with Crippen molar-refractivity contribution in [3.05, 3.63) is 196 Å². The molecule has 1 nitrogen and oxygen atoms in total. The van der Waals surface area contributed by atoms with Crippen LogP contribution >= 0.6 is 0 Å². The number of hydrogen-bond donors (Lipinski definition) is 0. The minimum atomic E-state index is 1.11. The molecular formula is C45H39N. The predicted molar refractivity (Wildman–Crippen MR) is 201 cm³/mol. The van der Waals surface area contributed by atoms with Gasteiger partial charge in [0.25, 0.3) is 0 Å². The van der Waals surface area contributed by atoms with Crippen LogP contribution in [0.15, 0.2) is 146 Å². The summed E-state index contributed by atoms with van der Waals surface area (Å²) in [6.45, 7) is 6.38. The summed E-state index contributed by atoms with van der Waals surface area (Å²) in [5.74, 6) is 0. The molecule has 0 saturated carbocycles. The van der Waals surface area contributed by atoms with Gasteiger partial charge >= 0.3 is 0 Å². The van der Waals surface area contributed by atoms with Crippen molar-refractivity contribution in [3.8, 4) is 0 Å². The molecule has 0 atom stereocenters. The molecule has 0 aliphatic carbocycles. The van der Waals surface area contributed by atoms with Gasteiger partial charge < -0.3 is 4.90 Å². The van der Waals surface area contributed by atoms with E-state index in [0.717, 1.165) is 17.1 Å². The van der Waals surface area contributed by atoms with E-state index in [2.05, 4.69) is 208 Å². The first-order chi connectivity index (χ1) is 22.5. The maximum atomic E-state index is 2.32. The largest absolute Gasteiger partial charge is 0.311 e. The van der Waals surface area contributed by atoms with Crippen molar-refractivity contribution >= 4 is 53.5 Å². The standard InChI is InChI=1S/C45H39N/c1-34-7-4-10-40(31-34)16-13-37-19-25-43(26-20-37)46(44-27-21-38(22-28-44)14-17-41-11-5-8-35(2)32-41)45-29-23-39(24-30-45)15-18-42-12-6-9-36(3)33-42/h4-33H,1-3H3/b16-13+,17-14+,18-15+. The summed E-state index contributed by atoms with van der Waals surface area (Å²) in [5, 5.41) is 0. The summed E-state index contributed by atoms with van der Waals surface area (Å²) in [7, 11) is 0. The summed E-state index contributed by atoms with van der Waals surface area (Å²) in [6.07, 6.45) is 13.0. The van der Waals surface area contributed by atoms with Crippen LogP contribution < -0.4 is 4.90 Å². The van der Waals surface area contributed by atoms with Crippen molar-refractivity contribution in [2.75, 3.05) is 4.90 Å². The Kier molecular flexibility index (Phi) is 9.52. The van der Waals surface area contributed by atoms with E-state index in [9.17, 15) is 0 Å². The molecule has 6 aromatic carbocycles. The molecule has 0 amide bonds. The molecule has 46 heavy (non-hydrogen) atoms. The Morgan fingerprint density at radius 2 is 0.565 bits per heavy atom. The molecule has 0 aromatic heterocycles. The summed E-state index contributed by atoms with van der Waals surface area (Å²) in [6, 6.07) is 52.0. The molecule has 0 saturated heterocycles.